The van der Waals surface area contributed by atoms with Crippen LogP contribution in [-0.2, 0) is 15.4 Å². The highest BCUT2D eigenvalue weighted by molar-refractivity contribution is 7.91. The Balaban J connectivity index is 1.41. The van der Waals surface area contributed by atoms with E-state index in [-0.39, 0.29) is 28.7 Å². The maximum atomic E-state index is 13.0. The van der Waals surface area contributed by atoms with E-state index < -0.39 is 15.4 Å². The lowest BCUT2D eigenvalue weighted by Gasteiger charge is -2.38. The van der Waals surface area contributed by atoms with Gasteiger partial charge in [-0.15, -0.1) is 0 Å². The third-order valence-electron chi connectivity index (χ3n) is 7.51. The largest absolute Gasteiger partial charge is 0.384 e. The number of nitrogens with two attached hydrogens (primary N) is 1. The molecular weight excluding hydrogens is 506 g/mol. The van der Waals surface area contributed by atoms with Gasteiger partial charge in [0, 0.05) is 41.6 Å². The fourth-order valence-corrected chi connectivity index (χ4v) is 6.82. The number of hydrogen-bond donors (Lipinski definition) is 3. The normalized spacial score (nSPS) is 22.4. The summed E-state index contributed by atoms with van der Waals surface area (Å²) in [6.45, 7) is 6.67. The second kappa shape index (κ2) is 8.82. The number of nitrogens with zero attached hydrogens (tertiary/aromatic N) is 7. The Kier molecular flexibility index (Phi) is 5.78. The molecule has 4 aromatic rings. The highest BCUT2D eigenvalue weighted by Crippen LogP contribution is 2.46. The van der Waals surface area contributed by atoms with Gasteiger partial charge in [0.05, 0.1) is 17.6 Å². The second-order valence-electron chi connectivity index (χ2n) is 10.7. The minimum absolute atomic E-state index is 0.0381. The number of nitrogen functional groups attached to an aromatic ring is 1. The molecule has 6 heterocycles. The zero-order chi connectivity index (χ0) is 26.8. The van der Waals surface area contributed by atoms with Crippen LogP contribution in [0.1, 0.15) is 62.7 Å². The summed E-state index contributed by atoms with van der Waals surface area (Å²) in [5.74, 6) is 0.527. The molecule has 0 aromatic carbocycles. The van der Waals surface area contributed by atoms with Gasteiger partial charge in [0.2, 0.25) is 0 Å². The van der Waals surface area contributed by atoms with Crippen LogP contribution in [0.5, 0.6) is 0 Å². The van der Waals surface area contributed by atoms with Crippen molar-refractivity contribution in [1.29, 1.82) is 0 Å². The number of piperidine rings is 1. The number of hydrogen-bond acceptors (Lipinski definition) is 10. The molecule has 2 radical (unpaired) electrons. The van der Waals surface area contributed by atoms with Crippen LogP contribution in [0.25, 0.3) is 16.8 Å². The Morgan fingerprint density at radius 3 is 2.47 bits per heavy atom. The summed E-state index contributed by atoms with van der Waals surface area (Å²) in [6, 6.07) is 3.95. The average molecular weight is 536 g/mol. The lowest BCUT2D eigenvalue weighted by Crippen LogP contribution is -2.41. The van der Waals surface area contributed by atoms with Crippen LogP contribution in [0.2, 0.25) is 0 Å². The van der Waals surface area contributed by atoms with Crippen molar-refractivity contribution in [3.8, 4) is 11.1 Å². The minimum Gasteiger partial charge on any atom is -0.384 e. The number of aliphatic hydroxyl groups is 1. The first-order valence-electron chi connectivity index (χ1n) is 12.5. The maximum absolute atomic E-state index is 13.0. The van der Waals surface area contributed by atoms with E-state index in [0.29, 0.717) is 41.3 Å². The lowest BCUT2D eigenvalue weighted by atomic mass is 9.87. The number of aromatic nitrogens is 7. The van der Waals surface area contributed by atoms with E-state index in [1.165, 1.54) is 10.8 Å². The summed E-state index contributed by atoms with van der Waals surface area (Å²) >= 11 is 0. The summed E-state index contributed by atoms with van der Waals surface area (Å²) in [5, 5.41) is 21.4. The van der Waals surface area contributed by atoms with E-state index >= 15 is 0 Å². The first-order valence-corrected chi connectivity index (χ1v) is 14.4. The quantitative estimate of drug-likeness (QED) is 0.332. The van der Waals surface area contributed by atoms with E-state index in [1.54, 1.807) is 32.3 Å². The fraction of sp³-hybridized carbons (Fsp3) is 0.440. The van der Waals surface area contributed by atoms with Crippen LogP contribution in [0, 0.1) is 6.54 Å². The number of fused-ring (bicyclic) bond motifs is 3. The minimum atomic E-state index is -3.69. The van der Waals surface area contributed by atoms with Gasteiger partial charge in [-0.25, -0.2) is 18.4 Å². The highest BCUT2D eigenvalue weighted by atomic mass is 32.2. The number of sulfone groups is 1. The Morgan fingerprint density at radius 2 is 1.89 bits per heavy atom. The number of aromatic amines is 1. The molecular formula is C25H29N9O3S. The SMILES string of the molecule is CC(C)(O)c1ccc(-c2cnn3c(N)c(S(C)(=O)=O)c([C@H]4C[C@H]5CC[C@@H](C4)N5[C]c4ncn[nH]4)nc23)cn1. The highest BCUT2D eigenvalue weighted by Gasteiger charge is 2.44. The smallest absolute Gasteiger partial charge is 0.180 e. The van der Waals surface area contributed by atoms with Crippen molar-refractivity contribution in [3.63, 3.8) is 0 Å². The van der Waals surface area contributed by atoms with Gasteiger partial charge in [-0.05, 0) is 45.6 Å². The molecule has 4 aromatic heterocycles. The van der Waals surface area contributed by atoms with Crippen LogP contribution in [0.15, 0.2) is 35.7 Å². The molecule has 0 aliphatic carbocycles. The Bertz CT molecular complexity index is 1580. The first-order chi connectivity index (χ1) is 18.0. The molecule has 2 saturated heterocycles. The van der Waals surface area contributed by atoms with Gasteiger partial charge in [-0.2, -0.15) is 14.7 Å². The van der Waals surface area contributed by atoms with Gasteiger partial charge in [-0.1, -0.05) is 6.07 Å². The summed E-state index contributed by atoms with van der Waals surface area (Å²) in [5.41, 5.74) is 8.31. The summed E-state index contributed by atoms with van der Waals surface area (Å²) in [7, 11) is -3.69. The zero-order valence-corrected chi connectivity index (χ0v) is 22.1. The number of anilines is 1. The molecule has 2 aliphatic heterocycles. The van der Waals surface area contributed by atoms with Crippen LogP contribution in [0.4, 0.5) is 5.82 Å². The van der Waals surface area contributed by atoms with Gasteiger partial charge in [0.15, 0.2) is 15.5 Å². The van der Waals surface area contributed by atoms with Crippen molar-refractivity contribution < 1.29 is 13.5 Å². The maximum Gasteiger partial charge on any atom is 0.180 e. The van der Waals surface area contributed by atoms with Crippen LogP contribution in [-0.4, -0.2) is 71.5 Å². The van der Waals surface area contributed by atoms with Crippen molar-refractivity contribution in [2.24, 2.45) is 0 Å². The molecule has 38 heavy (non-hydrogen) atoms. The number of rotatable bonds is 6. The predicted octanol–water partition coefficient (Wildman–Crippen LogP) is 1.92. The molecule has 0 amide bonds. The van der Waals surface area contributed by atoms with Gasteiger partial charge in [0.25, 0.3) is 0 Å². The monoisotopic (exact) mass is 535 g/mol. The molecule has 6 rings (SSSR count). The summed E-state index contributed by atoms with van der Waals surface area (Å²) in [6.07, 6.45) is 9.27. The summed E-state index contributed by atoms with van der Waals surface area (Å²) < 4.78 is 27.4. The standard InChI is InChI=1S/C25H29N9O3S/c1-25(2,35)19-7-4-14(10-27-19)18-11-30-34-23(26)22(38(3,36)37)21(31-24(18)34)15-8-16-5-6-17(9-15)33(16)12-20-28-13-29-32-20/h4,7,10-11,13,15-17,35H,5-6,8-9,26H2,1-3H3,(H,28,29,32)/t15-,16+,17-. The van der Waals surface area contributed by atoms with Crippen LogP contribution >= 0.6 is 0 Å². The number of H-pyrrole nitrogens is 1. The molecule has 198 valence electrons. The third kappa shape index (κ3) is 4.24. The second-order valence-corrected chi connectivity index (χ2v) is 12.6. The van der Waals surface area contributed by atoms with Crippen molar-refractivity contribution in [2.45, 2.75) is 68.0 Å². The summed E-state index contributed by atoms with van der Waals surface area (Å²) in [4.78, 5) is 15.7. The van der Waals surface area contributed by atoms with E-state index in [2.05, 4.69) is 36.7 Å². The molecule has 2 fully saturated rings. The van der Waals surface area contributed by atoms with Crippen molar-refractivity contribution in [1.82, 2.24) is 39.7 Å². The molecule has 12 nitrogen and oxygen atoms in total. The van der Waals surface area contributed by atoms with E-state index in [1.807, 2.05) is 6.07 Å². The first kappa shape index (κ1) is 24.9. The van der Waals surface area contributed by atoms with E-state index in [9.17, 15) is 13.5 Å². The number of pyridine rings is 1. The Labute approximate surface area is 220 Å². The van der Waals surface area contributed by atoms with E-state index in [4.69, 9.17) is 10.7 Å². The molecule has 0 unspecified atom stereocenters. The van der Waals surface area contributed by atoms with Gasteiger partial charge in [0.1, 0.15) is 35.0 Å². The number of nitrogens with one attached hydrogen (secondary N) is 1. The van der Waals surface area contributed by atoms with Crippen molar-refractivity contribution in [2.75, 3.05) is 12.0 Å². The van der Waals surface area contributed by atoms with Crippen LogP contribution < -0.4 is 5.73 Å². The lowest BCUT2D eigenvalue weighted by molar-refractivity contribution is 0.0739. The zero-order valence-electron chi connectivity index (χ0n) is 21.3. The molecule has 2 bridgehead atoms. The average Bonchev–Trinajstić information content (AvgIpc) is 3.57. The van der Waals surface area contributed by atoms with Crippen LogP contribution in [0.3, 0.4) is 0 Å². The topological polar surface area (TPSA) is 168 Å². The van der Waals surface area contributed by atoms with Crippen molar-refractivity contribution >= 4 is 21.3 Å². The predicted molar refractivity (Wildman–Crippen MR) is 138 cm³/mol. The van der Waals surface area contributed by atoms with E-state index in [0.717, 1.165) is 24.7 Å². The van der Waals surface area contributed by atoms with Gasteiger partial charge >= 0.3 is 0 Å². The Hall–Kier alpha value is -3.42. The Morgan fingerprint density at radius 1 is 1.16 bits per heavy atom. The molecule has 0 spiro atoms. The molecule has 13 heteroatoms. The molecule has 2 aliphatic rings. The van der Waals surface area contributed by atoms with Gasteiger partial charge < -0.3 is 10.8 Å². The van der Waals surface area contributed by atoms with Crippen molar-refractivity contribution in [3.05, 3.63) is 54.6 Å². The fourth-order valence-electron chi connectivity index (χ4n) is 5.76. The molecule has 0 saturated carbocycles. The van der Waals surface area contributed by atoms with Gasteiger partial charge in [-0.3, -0.25) is 15.0 Å². The third-order valence-corrected chi connectivity index (χ3v) is 8.67. The molecule has 4 N–H and O–H groups in total. The molecule has 3 atom stereocenters.